The van der Waals surface area contributed by atoms with E-state index in [0.717, 1.165) is 37.5 Å². The summed E-state index contributed by atoms with van der Waals surface area (Å²) < 4.78 is 17.4. The largest absolute Gasteiger partial charge is 0.491 e. The first-order chi connectivity index (χ1) is 8.81. The number of nitrogens with one attached hydrogen (secondary N) is 1. The lowest BCUT2D eigenvalue weighted by Gasteiger charge is -2.23. The van der Waals surface area contributed by atoms with Crippen LogP contribution in [0.3, 0.4) is 0 Å². The van der Waals surface area contributed by atoms with Crippen molar-refractivity contribution in [1.82, 2.24) is 5.32 Å². The van der Waals surface area contributed by atoms with Crippen LogP contribution in [0.2, 0.25) is 0 Å². The Morgan fingerprint density at radius 3 is 3.00 bits per heavy atom. The Hall–Kier alpha value is -1.29. The quantitative estimate of drug-likeness (QED) is 0.888. The number of ether oxygens (including phenoxy) is 1. The summed E-state index contributed by atoms with van der Waals surface area (Å²) >= 11 is 0. The maximum Gasteiger partial charge on any atom is 0.123 e. The van der Waals surface area contributed by atoms with E-state index in [1.165, 1.54) is 12.1 Å². The van der Waals surface area contributed by atoms with Gasteiger partial charge in [-0.15, -0.1) is 0 Å². The van der Waals surface area contributed by atoms with Gasteiger partial charge in [-0.05, 0) is 43.7 Å². The van der Waals surface area contributed by atoms with Gasteiger partial charge in [0.2, 0.25) is 0 Å². The number of alkyl halides is 1. The van der Waals surface area contributed by atoms with Crippen molar-refractivity contribution in [3.8, 4) is 5.75 Å². The zero-order valence-corrected chi connectivity index (χ0v) is 10.9. The fourth-order valence-corrected chi connectivity index (χ4v) is 2.24. The second kappa shape index (κ2) is 6.59. The summed E-state index contributed by atoms with van der Waals surface area (Å²) in [7, 11) is 0. The summed E-state index contributed by atoms with van der Waals surface area (Å²) in [6.07, 6.45) is 1.17. The first-order valence-electron chi connectivity index (χ1n) is 6.56. The zero-order chi connectivity index (χ0) is 12.8. The molecule has 1 aromatic rings. The van der Waals surface area contributed by atoms with E-state index in [4.69, 9.17) is 4.74 Å². The molecule has 0 aliphatic carbocycles. The first kappa shape index (κ1) is 13.1. The van der Waals surface area contributed by atoms with Crippen molar-refractivity contribution in [2.45, 2.75) is 13.3 Å². The molecule has 1 heterocycles. The Morgan fingerprint density at radius 2 is 2.22 bits per heavy atom. The van der Waals surface area contributed by atoms with Crippen molar-refractivity contribution in [3.05, 3.63) is 23.8 Å². The number of benzene rings is 1. The van der Waals surface area contributed by atoms with Crippen LogP contribution in [0.15, 0.2) is 18.2 Å². The van der Waals surface area contributed by atoms with Crippen LogP contribution in [0, 0.1) is 6.92 Å². The molecule has 100 valence electrons. The summed E-state index contributed by atoms with van der Waals surface area (Å²) in [5.41, 5.74) is 2.29. The maximum absolute atomic E-state index is 12.1. The minimum Gasteiger partial charge on any atom is -0.491 e. The Labute approximate surface area is 108 Å². The third kappa shape index (κ3) is 3.35. The zero-order valence-electron chi connectivity index (χ0n) is 10.9. The van der Waals surface area contributed by atoms with Crippen LogP contribution >= 0.6 is 0 Å². The number of hydrogen-bond donors (Lipinski definition) is 1. The molecule has 1 saturated heterocycles. The predicted molar refractivity (Wildman–Crippen MR) is 72.3 cm³/mol. The van der Waals surface area contributed by atoms with E-state index in [9.17, 15) is 4.39 Å². The van der Waals surface area contributed by atoms with Gasteiger partial charge in [-0.3, -0.25) is 0 Å². The summed E-state index contributed by atoms with van der Waals surface area (Å²) in [5.74, 6) is 0.782. The minimum absolute atomic E-state index is 0.133. The molecule has 0 aromatic heterocycles. The molecule has 18 heavy (non-hydrogen) atoms. The highest BCUT2D eigenvalue weighted by Crippen LogP contribution is 2.24. The molecule has 0 saturated carbocycles. The Bertz CT molecular complexity index is 376. The molecule has 0 spiro atoms. The number of aryl methyl sites for hydroxylation is 1. The fraction of sp³-hybridized carbons (Fsp3) is 0.571. The van der Waals surface area contributed by atoms with Gasteiger partial charge in [0.25, 0.3) is 0 Å². The van der Waals surface area contributed by atoms with Gasteiger partial charge < -0.3 is 15.0 Å². The third-order valence-electron chi connectivity index (χ3n) is 3.20. The van der Waals surface area contributed by atoms with Gasteiger partial charge >= 0.3 is 0 Å². The van der Waals surface area contributed by atoms with Crippen LogP contribution in [0.1, 0.15) is 12.0 Å². The lowest BCUT2D eigenvalue weighted by atomic mass is 10.2. The van der Waals surface area contributed by atoms with Crippen LogP contribution in [-0.2, 0) is 0 Å². The van der Waals surface area contributed by atoms with Crippen molar-refractivity contribution in [2.75, 3.05) is 44.4 Å². The SMILES string of the molecule is Cc1cc(N2CCCNCC2)ccc1OCCF. The monoisotopic (exact) mass is 252 g/mol. The molecule has 0 atom stereocenters. The lowest BCUT2D eigenvalue weighted by molar-refractivity contribution is 0.272. The Kier molecular flexibility index (Phi) is 4.81. The molecule has 0 unspecified atom stereocenters. The first-order valence-corrected chi connectivity index (χ1v) is 6.56. The molecule has 0 bridgehead atoms. The molecule has 1 aromatic carbocycles. The molecule has 3 nitrogen and oxygen atoms in total. The van der Waals surface area contributed by atoms with Crippen molar-refractivity contribution in [1.29, 1.82) is 0 Å². The minimum atomic E-state index is -0.445. The highest BCUT2D eigenvalue weighted by Gasteiger charge is 2.10. The molecule has 1 fully saturated rings. The van der Waals surface area contributed by atoms with Crippen LogP contribution in [-0.4, -0.2) is 39.5 Å². The van der Waals surface area contributed by atoms with Gasteiger partial charge in [0, 0.05) is 25.3 Å². The highest BCUT2D eigenvalue weighted by atomic mass is 19.1. The molecule has 1 aliphatic rings. The summed E-state index contributed by atoms with van der Waals surface area (Å²) in [4.78, 5) is 2.38. The van der Waals surface area contributed by atoms with E-state index in [0.29, 0.717) is 0 Å². The van der Waals surface area contributed by atoms with E-state index < -0.39 is 6.67 Å². The molecule has 2 rings (SSSR count). The predicted octanol–water partition coefficient (Wildman–Crippen LogP) is 2.14. The molecule has 0 amide bonds. The number of hydrogen-bond acceptors (Lipinski definition) is 3. The van der Waals surface area contributed by atoms with E-state index in [-0.39, 0.29) is 6.61 Å². The lowest BCUT2D eigenvalue weighted by Crippen LogP contribution is -2.27. The van der Waals surface area contributed by atoms with Gasteiger partial charge in [0.1, 0.15) is 19.0 Å². The standard InChI is InChI=1S/C14H21FN2O/c1-12-11-13(3-4-14(12)18-10-5-15)17-8-2-6-16-7-9-17/h3-4,11,16H,2,5-10H2,1H3. The van der Waals surface area contributed by atoms with Crippen LogP contribution in [0.5, 0.6) is 5.75 Å². The molecule has 1 N–H and O–H groups in total. The van der Waals surface area contributed by atoms with Crippen molar-refractivity contribution in [3.63, 3.8) is 0 Å². The van der Waals surface area contributed by atoms with E-state index in [2.05, 4.69) is 22.3 Å². The number of rotatable bonds is 4. The summed E-state index contributed by atoms with van der Waals surface area (Å²) in [6.45, 7) is 5.92. The molecule has 0 radical (unpaired) electrons. The van der Waals surface area contributed by atoms with Gasteiger partial charge in [-0.1, -0.05) is 0 Å². The number of halogens is 1. The molecular weight excluding hydrogens is 231 g/mol. The summed E-state index contributed by atoms with van der Waals surface area (Å²) in [6, 6.07) is 6.13. The van der Waals surface area contributed by atoms with Crippen molar-refractivity contribution < 1.29 is 9.13 Å². The smallest absolute Gasteiger partial charge is 0.123 e. The summed E-state index contributed by atoms with van der Waals surface area (Å²) in [5, 5.41) is 3.39. The van der Waals surface area contributed by atoms with E-state index in [1.54, 1.807) is 0 Å². The Balaban J connectivity index is 2.06. The van der Waals surface area contributed by atoms with Crippen LogP contribution in [0.4, 0.5) is 10.1 Å². The van der Waals surface area contributed by atoms with Gasteiger partial charge in [0.05, 0.1) is 0 Å². The average molecular weight is 252 g/mol. The fourth-order valence-electron chi connectivity index (χ4n) is 2.24. The van der Waals surface area contributed by atoms with E-state index in [1.807, 2.05) is 13.0 Å². The molecule has 1 aliphatic heterocycles. The molecular formula is C14H21FN2O. The van der Waals surface area contributed by atoms with Gasteiger partial charge in [0.15, 0.2) is 0 Å². The van der Waals surface area contributed by atoms with E-state index >= 15 is 0 Å². The van der Waals surface area contributed by atoms with Crippen LogP contribution in [0.25, 0.3) is 0 Å². The van der Waals surface area contributed by atoms with Crippen molar-refractivity contribution in [2.24, 2.45) is 0 Å². The second-order valence-electron chi connectivity index (χ2n) is 4.58. The number of anilines is 1. The van der Waals surface area contributed by atoms with Crippen molar-refractivity contribution >= 4 is 5.69 Å². The van der Waals surface area contributed by atoms with Crippen LogP contribution < -0.4 is 15.0 Å². The topological polar surface area (TPSA) is 24.5 Å². The second-order valence-corrected chi connectivity index (χ2v) is 4.58. The number of nitrogens with zero attached hydrogens (tertiary/aromatic N) is 1. The average Bonchev–Trinajstić information content (AvgIpc) is 2.66. The molecule has 4 heteroatoms. The van der Waals surface area contributed by atoms with Gasteiger partial charge in [-0.25, -0.2) is 4.39 Å². The third-order valence-corrected chi connectivity index (χ3v) is 3.20. The maximum atomic E-state index is 12.1. The van der Waals surface area contributed by atoms with Gasteiger partial charge in [-0.2, -0.15) is 0 Å². The highest BCUT2D eigenvalue weighted by molar-refractivity contribution is 5.53. The Morgan fingerprint density at radius 1 is 1.33 bits per heavy atom. The normalized spacial score (nSPS) is 16.4.